The quantitative estimate of drug-likeness (QED) is 0.608. The molecule has 0 atom stereocenters. The van der Waals surface area contributed by atoms with Crippen LogP contribution in [0.15, 0.2) is 42.5 Å². The van der Waals surface area contributed by atoms with Gasteiger partial charge in [0.15, 0.2) is 0 Å². The maximum Gasteiger partial charge on any atom is 0.419 e. The first-order valence-corrected chi connectivity index (χ1v) is 5.88. The molecule has 0 fully saturated rings. The average molecular weight is 297 g/mol. The lowest BCUT2D eigenvalue weighted by atomic mass is 10.1. The molecule has 2 rings (SSSR count). The van der Waals surface area contributed by atoms with Gasteiger partial charge < -0.3 is 4.74 Å². The molecule has 0 amide bonds. The van der Waals surface area contributed by atoms with Crippen LogP contribution in [0.4, 0.5) is 18.9 Å². The van der Waals surface area contributed by atoms with Crippen LogP contribution in [0.5, 0.6) is 11.5 Å². The van der Waals surface area contributed by atoms with E-state index in [1.807, 2.05) is 0 Å². The van der Waals surface area contributed by atoms with Gasteiger partial charge in [-0.25, -0.2) is 0 Å². The van der Waals surface area contributed by atoms with Crippen LogP contribution >= 0.6 is 0 Å². The first-order valence-electron chi connectivity index (χ1n) is 5.88. The molecule has 0 N–H and O–H groups in total. The fraction of sp³-hybridized carbons (Fsp3) is 0.143. The molecule has 0 aliphatic rings. The van der Waals surface area contributed by atoms with Crippen LogP contribution in [-0.2, 0) is 6.18 Å². The van der Waals surface area contributed by atoms with Gasteiger partial charge in [0.2, 0.25) is 0 Å². The minimum absolute atomic E-state index is 0.0976. The first kappa shape index (κ1) is 14.8. The largest absolute Gasteiger partial charge is 0.456 e. The molecular formula is C14H10F3NO3. The number of hydrogen-bond acceptors (Lipinski definition) is 3. The summed E-state index contributed by atoms with van der Waals surface area (Å²) in [5.74, 6) is -0.209. The lowest BCUT2D eigenvalue weighted by Crippen LogP contribution is -2.08. The zero-order valence-electron chi connectivity index (χ0n) is 10.8. The summed E-state index contributed by atoms with van der Waals surface area (Å²) in [6, 6.07) is 8.56. The molecule has 0 radical (unpaired) electrons. The summed E-state index contributed by atoms with van der Waals surface area (Å²) in [5.41, 5.74) is -0.729. The third kappa shape index (κ3) is 3.31. The molecule has 0 unspecified atom stereocenters. The third-order valence-electron chi connectivity index (χ3n) is 2.78. The lowest BCUT2D eigenvalue weighted by Gasteiger charge is -2.15. The van der Waals surface area contributed by atoms with E-state index in [2.05, 4.69) is 0 Å². The smallest absolute Gasteiger partial charge is 0.419 e. The number of nitrogens with zero attached hydrogens (tertiary/aromatic N) is 1. The van der Waals surface area contributed by atoms with Gasteiger partial charge in [0, 0.05) is 12.1 Å². The lowest BCUT2D eigenvalue weighted by molar-refractivity contribution is -0.384. The van der Waals surface area contributed by atoms with E-state index >= 15 is 0 Å². The molecule has 7 heteroatoms. The van der Waals surface area contributed by atoms with Crippen molar-refractivity contribution in [1.82, 2.24) is 0 Å². The van der Waals surface area contributed by atoms with Gasteiger partial charge in [-0.15, -0.1) is 0 Å². The van der Waals surface area contributed by atoms with Crippen molar-refractivity contribution in [3.8, 4) is 11.5 Å². The van der Waals surface area contributed by atoms with E-state index in [-0.39, 0.29) is 17.2 Å². The summed E-state index contributed by atoms with van der Waals surface area (Å²) in [6.07, 6.45) is -4.54. The second kappa shape index (κ2) is 5.43. The molecule has 110 valence electrons. The number of alkyl halides is 3. The molecular weight excluding hydrogens is 287 g/mol. The Morgan fingerprint density at radius 1 is 1.10 bits per heavy atom. The monoisotopic (exact) mass is 297 g/mol. The van der Waals surface area contributed by atoms with Crippen LogP contribution in [-0.4, -0.2) is 4.92 Å². The number of ether oxygens (including phenoxy) is 1. The Balaban J connectivity index is 2.37. The van der Waals surface area contributed by atoms with E-state index < -0.39 is 16.7 Å². The van der Waals surface area contributed by atoms with E-state index in [1.54, 1.807) is 0 Å². The van der Waals surface area contributed by atoms with Crippen LogP contribution in [0, 0.1) is 17.0 Å². The van der Waals surface area contributed by atoms with Gasteiger partial charge in [0.05, 0.1) is 10.5 Å². The maximum absolute atomic E-state index is 12.9. The zero-order chi connectivity index (χ0) is 15.6. The van der Waals surface area contributed by atoms with Crippen LogP contribution in [0.1, 0.15) is 11.1 Å². The van der Waals surface area contributed by atoms with Crippen molar-refractivity contribution in [2.24, 2.45) is 0 Å². The molecule has 0 spiro atoms. The number of non-ortho nitro benzene ring substituents is 1. The van der Waals surface area contributed by atoms with Gasteiger partial charge in [0.25, 0.3) is 5.69 Å². The highest BCUT2D eigenvalue weighted by atomic mass is 19.4. The molecule has 4 nitrogen and oxygen atoms in total. The topological polar surface area (TPSA) is 52.4 Å². The highest BCUT2D eigenvalue weighted by Crippen LogP contribution is 2.40. The Morgan fingerprint density at radius 2 is 1.71 bits per heavy atom. The van der Waals surface area contributed by atoms with Gasteiger partial charge in [-0.1, -0.05) is 12.1 Å². The van der Waals surface area contributed by atoms with Crippen molar-refractivity contribution >= 4 is 5.69 Å². The molecule has 0 heterocycles. The van der Waals surface area contributed by atoms with Gasteiger partial charge >= 0.3 is 6.18 Å². The number of halogens is 3. The van der Waals surface area contributed by atoms with Crippen LogP contribution in [0.3, 0.4) is 0 Å². The summed E-state index contributed by atoms with van der Waals surface area (Å²) < 4.78 is 44.1. The molecule has 0 aliphatic carbocycles. The summed E-state index contributed by atoms with van der Waals surface area (Å²) in [5, 5.41) is 10.5. The number of benzene rings is 2. The number of nitro groups is 1. The second-order valence-electron chi connectivity index (χ2n) is 4.30. The minimum atomic E-state index is -4.54. The Hall–Kier alpha value is -2.57. The molecule has 2 aromatic carbocycles. The highest BCUT2D eigenvalue weighted by Gasteiger charge is 2.35. The highest BCUT2D eigenvalue weighted by molar-refractivity contribution is 5.46. The van der Waals surface area contributed by atoms with Crippen molar-refractivity contribution in [3.63, 3.8) is 0 Å². The van der Waals surface area contributed by atoms with Crippen molar-refractivity contribution < 1.29 is 22.8 Å². The van der Waals surface area contributed by atoms with E-state index in [4.69, 9.17) is 4.74 Å². The zero-order valence-corrected chi connectivity index (χ0v) is 10.8. The Morgan fingerprint density at radius 3 is 2.24 bits per heavy atom. The van der Waals surface area contributed by atoms with Crippen molar-refractivity contribution in [2.75, 3.05) is 0 Å². The van der Waals surface area contributed by atoms with Crippen molar-refractivity contribution in [1.29, 1.82) is 0 Å². The fourth-order valence-corrected chi connectivity index (χ4v) is 1.76. The summed E-state index contributed by atoms with van der Waals surface area (Å²) in [6.45, 7) is 1.50. The molecule has 21 heavy (non-hydrogen) atoms. The Kier molecular flexibility index (Phi) is 3.84. The van der Waals surface area contributed by atoms with E-state index in [1.165, 1.54) is 43.3 Å². The molecule has 0 aliphatic heterocycles. The van der Waals surface area contributed by atoms with Crippen LogP contribution in [0.2, 0.25) is 0 Å². The van der Waals surface area contributed by atoms with Gasteiger partial charge in [-0.3, -0.25) is 10.1 Å². The SMILES string of the molecule is Cc1cccc(C(F)(F)F)c1Oc1ccc([N+](=O)[O-])cc1. The second-order valence-corrected chi connectivity index (χ2v) is 4.30. The number of para-hydroxylation sites is 1. The summed E-state index contributed by atoms with van der Waals surface area (Å²) >= 11 is 0. The predicted molar refractivity (Wildman–Crippen MR) is 69.4 cm³/mol. The standard InChI is InChI=1S/C14H10F3NO3/c1-9-3-2-4-12(14(15,16)17)13(9)21-11-7-5-10(6-8-11)18(19)20/h2-8H,1H3. The molecule has 0 saturated heterocycles. The number of aryl methyl sites for hydroxylation is 1. The number of nitro benzene ring substituents is 1. The molecule has 0 bridgehead atoms. The number of hydrogen-bond donors (Lipinski definition) is 0. The maximum atomic E-state index is 12.9. The third-order valence-corrected chi connectivity index (χ3v) is 2.78. The molecule has 0 saturated carbocycles. The van der Waals surface area contributed by atoms with E-state index in [0.717, 1.165) is 6.07 Å². The van der Waals surface area contributed by atoms with Crippen molar-refractivity contribution in [3.05, 3.63) is 63.7 Å². The van der Waals surface area contributed by atoms with E-state index in [9.17, 15) is 23.3 Å². The van der Waals surface area contributed by atoms with Gasteiger partial charge in [-0.05, 0) is 30.7 Å². The Bertz CT molecular complexity index is 666. The average Bonchev–Trinajstić information content (AvgIpc) is 2.40. The van der Waals surface area contributed by atoms with Crippen LogP contribution in [0.25, 0.3) is 0 Å². The normalized spacial score (nSPS) is 11.2. The van der Waals surface area contributed by atoms with Crippen molar-refractivity contribution in [2.45, 2.75) is 13.1 Å². The van der Waals surface area contributed by atoms with E-state index in [0.29, 0.717) is 5.56 Å². The summed E-state index contributed by atoms with van der Waals surface area (Å²) in [4.78, 5) is 9.93. The molecule has 0 aromatic heterocycles. The fourth-order valence-electron chi connectivity index (χ4n) is 1.76. The Labute approximate surface area is 117 Å². The molecule has 2 aromatic rings. The van der Waals surface area contributed by atoms with Gasteiger partial charge in [0.1, 0.15) is 11.5 Å². The summed E-state index contributed by atoms with van der Waals surface area (Å²) in [7, 11) is 0. The predicted octanol–water partition coefficient (Wildman–Crippen LogP) is 4.71. The minimum Gasteiger partial charge on any atom is -0.456 e. The van der Waals surface area contributed by atoms with Crippen LogP contribution < -0.4 is 4.74 Å². The number of rotatable bonds is 3. The first-order chi connectivity index (χ1) is 9.79. The van der Waals surface area contributed by atoms with Gasteiger partial charge in [-0.2, -0.15) is 13.2 Å².